The lowest BCUT2D eigenvalue weighted by Gasteiger charge is -2.29. The largest absolute Gasteiger partial charge is 0.573 e. The number of hydrogen-bond donors (Lipinski definition) is 2. The Morgan fingerprint density at radius 2 is 1.61 bits per heavy atom. The van der Waals surface area contributed by atoms with E-state index in [9.17, 15) is 31.1 Å². The SMILES string of the molecule is O=C(N[C@H]1CC[C@H](CNc2ccc(OC(F)(F)F)cc2)CC1)c1cc(C(F)(F)F)ccc1Cl. The molecule has 4 nitrogen and oxygen atoms in total. The van der Waals surface area contributed by atoms with Crippen molar-refractivity contribution in [3.05, 3.63) is 58.6 Å². The number of amides is 1. The van der Waals surface area contributed by atoms with Crippen molar-refractivity contribution in [1.29, 1.82) is 0 Å². The summed E-state index contributed by atoms with van der Waals surface area (Å²) in [5, 5.41) is 5.87. The zero-order valence-electron chi connectivity index (χ0n) is 17.2. The Labute approximate surface area is 191 Å². The van der Waals surface area contributed by atoms with Crippen LogP contribution in [0, 0.1) is 5.92 Å². The smallest absolute Gasteiger partial charge is 0.406 e. The van der Waals surface area contributed by atoms with Gasteiger partial charge in [0.25, 0.3) is 5.91 Å². The van der Waals surface area contributed by atoms with Crippen molar-refractivity contribution >= 4 is 23.2 Å². The molecule has 180 valence electrons. The van der Waals surface area contributed by atoms with E-state index >= 15 is 0 Å². The first-order valence-electron chi connectivity index (χ1n) is 10.2. The zero-order valence-corrected chi connectivity index (χ0v) is 17.9. The molecule has 0 unspecified atom stereocenters. The number of carbonyl (C=O) groups is 1. The molecule has 1 amide bonds. The molecule has 0 heterocycles. The van der Waals surface area contributed by atoms with Crippen molar-refractivity contribution in [3.8, 4) is 5.75 Å². The number of hydrogen-bond acceptors (Lipinski definition) is 3. The van der Waals surface area contributed by atoms with Crippen LogP contribution >= 0.6 is 11.6 Å². The second-order valence-corrected chi connectivity index (χ2v) is 8.24. The molecular weight excluding hydrogens is 474 g/mol. The number of benzene rings is 2. The Bertz CT molecular complexity index is 955. The summed E-state index contributed by atoms with van der Waals surface area (Å²) < 4.78 is 79.2. The topological polar surface area (TPSA) is 50.4 Å². The quantitative estimate of drug-likeness (QED) is 0.442. The first kappa shape index (κ1) is 25.0. The third-order valence-electron chi connectivity index (χ3n) is 5.40. The molecule has 1 aliphatic carbocycles. The predicted octanol–water partition coefficient (Wildman–Crippen LogP) is 6.66. The molecule has 33 heavy (non-hydrogen) atoms. The Morgan fingerprint density at radius 1 is 0.970 bits per heavy atom. The average Bonchev–Trinajstić information content (AvgIpc) is 2.72. The maximum Gasteiger partial charge on any atom is 0.573 e. The average molecular weight is 495 g/mol. The summed E-state index contributed by atoms with van der Waals surface area (Å²) in [6, 6.07) is 7.88. The molecule has 1 fully saturated rings. The van der Waals surface area contributed by atoms with Crippen molar-refractivity contribution in [1.82, 2.24) is 5.32 Å². The van der Waals surface area contributed by atoms with Crippen LogP contribution in [-0.2, 0) is 6.18 Å². The van der Waals surface area contributed by atoms with E-state index in [1.807, 2.05) is 0 Å². The lowest BCUT2D eigenvalue weighted by atomic mass is 9.86. The van der Waals surface area contributed by atoms with Gasteiger partial charge < -0.3 is 15.4 Å². The molecule has 3 rings (SSSR count). The molecule has 0 aliphatic heterocycles. The van der Waals surface area contributed by atoms with Crippen molar-refractivity contribution < 1.29 is 35.9 Å². The molecule has 0 atom stereocenters. The lowest BCUT2D eigenvalue weighted by Crippen LogP contribution is -2.38. The van der Waals surface area contributed by atoms with Crippen LogP contribution < -0.4 is 15.4 Å². The summed E-state index contributed by atoms with van der Waals surface area (Å²) in [6.45, 7) is 0.597. The Hall–Kier alpha value is -2.62. The highest BCUT2D eigenvalue weighted by Crippen LogP contribution is 2.32. The standard InChI is InChI=1S/C22H21ClF6N2O2/c23-19-10-3-14(21(24,25)26)11-18(19)20(32)31-16-4-1-13(2-5-16)12-30-15-6-8-17(9-7-15)33-22(27,28)29/h3,6-11,13,16,30H,1-2,4-5,12H2,(H,31,32)/t13-,16-. The van der Waals surface area contributed by atoms with Crippen molar-refractivity contribution in [2.75, 3.05) is 11.9 Å². The third-order valence-corrected chi connectivity index (χ3v) is 5.73. The normalized spacial score (nSPS) is 19.1. The monoisotopic (exact) mass is 494 g/mol. The molecule has 0 spiro atoms. The van der Waals surface area contributed by atoms with E-state index in [4.69, 9.17) is 11.6 Å². The van der Waals surface area contributed by atoms with Gasteiger partial charge in [-0.25, -0.2) is 0 Å². The van der Waals surface area contributed by atoms with E-state index in [1.54, 1.807) is 0 Å². The van der Waals surface area contributed by atoms with Crippen LogP contribution in [0.4, 0.5) is 32.0 Å². The van der Waals surface area contributed by atoms with Crippen molar-refractivity contribution in [2.45, 2.75) is 44.3 Å². The minimum atomic E-state index is -4.74. The second kappa shape index (κ2) is 10.1. The van der Waals surface area contributed by atoms with E-state index in [0.717, 1.165) is 31.0 Å². The number of alkyl halides is 6. The Morgan fingerprint density at radius 3 is 2.18 bits per heavy atom. The lowest BCUT2D eigenvalue weighted by molar-refractivity contribution is -0.274. The number of ether oxygens (including phenoxy) is 1. The Balaban J connectivity index is 1.46. The summed E-state index contributed by atoms with van der Waals surface area (Å²) in [6.07, 6.45) is -6.49. The summed E-state index contributed by atoms with van der Waals surface area (Å²) in [5.74, 6) is -0.666. The van der Waals surface area contributed by atoms with Crippen LogP contribution in [0.5, 0.6) is 5.75 Å². The molecule has 0 radical (unpaired) electrons. The summed E-state index contributed by atoms with van der Waals surface area (Å²) in [5.41, 5.74) is -0.503. The van der Waals surface area contributed by atoms with Gasteiger partial charge in [0, 0.05) is 18.3 Å². The highest BCUT2D eigenvalue weighted by Gasteiger charge is 2.32. The van der Waals surface area contributed by atoms with Gasteiger partial charge in [-0.15, -0.1) is 13.2 Å². The molecule has 1 aliphatic rings. The van der Waals surface area contributed by atoms with Crippen molar-refractivity contribution in [3.63, 3.8) is 0 Å². The van der Waals surface area contributed by atoms with Gasteiger partial charge >= 0.3 is 12.5 Å². The first-order chi connectivity index (χ1) is 15.4. The van der Waals surface area contributed by atoms with E-state index in [1.165, 1.54) is 24.3 Å². The summed E-state index contributed by atoms with van der Waals surface area (Å²) in [7, 11) is 0. The van der Waals surface area contributed by atoms with Crippen LogP contribution in [0.15, 0.2) is 42.5 Å². The predicted molar refractivity (Wildman–Crippen MR) is 111 cm³/mol. The summed E-state index contributed by atoms with van der Waals surface area (Å²) in [4.78, 5) is 12.5. The van der Waals surface area contributed by atoms with E-state index in [2.05, 4.69) is 15.4 Å². The van der Waals surface area contributed by atoms with Gasteiger partial charge in [0.15, 0.2) is 0 Å². The molecule has 2 aromatic rings. The Kier molecular flexibility index (Phi) is 7.66. The second-order valence-electron chi connectivity index (χ2n) is 7.84. The molecule has 1 saturated carbocycles. The maximum atomic E-state index is 12.9. The number of anilines is 1. The minimum Gasteiger partial charge on any atom is -0.406 e. The van der Waals surface area contributed by atoms with Gasteiger partial charge in [-0.2, -0.15) is 13.2 Å². The van der Waals surface area contributed by atoms with Crippen LogP contribution in [0.25, 0.3) is 0 Å². The number of halogens is 7. The summed E-state index contributed by atoms with van der Waals surface area (Å²) >= 11 is 5.92. The number of carbonyl (C=O) groups excluding carboxylic acids is 1. The highest BCUT2D eigenvalue weighted by molar-refractivity contribution is 6.33. The number of rotatable bonds is 6. The molecule has 11 heteroatoms. The molecule has 0 saturated heterocycles. The third kappa shape index (κ3) is 7.45. The fraction of sp³-hybridized carbons (Fsp3) is 0.409. The van der Waals surface area contributed by atoms with Crippen LogP contribution in [0.1, 0.15) is 41.6 Å². The first-order valence-corrected chi connectivity index (χ1v) is 10.6. The van der Waals surface area contributed by atoms with Gasteiger partial charge in [0.1, 0.15) is 5.75 Å². The zero-order chi connectivity index (χ0) is 24.2. The molecule has 0 aromatic heterocycles. The van der Waals surface area contributed by atoms with E-state index in [0.29, 0.717) is 25.1 Å². The van der Waals surface area contributed by atoms with Crippen LogP contribution in [0.3, 0.4) is 0 Å². The highest BCUT2D eigenvalue weighted by atomic mass is 35.5. The van der Waals surface area contributed by atoms with Gasteiger partial charge in [-0.1, -0.05) is 11.6 Å². The van der Waals surface area contributed by atoms with Crippen LogP contribution in [0.2, 0.25) is 5.02 Å². The molecule has 2 N–H and O–H groups in total. The fourth-order valence-corrected chi connectivity index (χ4v) is 3.89. The van der Waals surface area contributed by atoms with Crippen LogP contribution in [-0.4, -0.2) is 24.9 Å². The molecule has 0 bridgehead atoms. The molecule has 2 aromatic carbocycles. The fourth-order valence-electron chi connectivity index (χ4n) is 3.69. The van der Waals surface area contributed by atoms with E-state index in [-0.39, 0.29) is 28.3 Å². The van der Waals surface area contributed by atoms with Crippen molar-refractivity contribution in [2.24, 2.45) is 5.92 Å². The van der Waals surface area contributed by atoms with Gasteiger partial charge in [0.2, 0.25) is 0 Å². The van der Waals surface area contributed by atoms with E-state index < -0.39 is 24.0 Å². The van der Waals surface area contributed by atoms with Gasteiger partial charge in [-0.05, 0) is 74.1 Å². The number of nitrogens with one attached hydrogen (secondary N) is 2. The van der Waals surface area contributed by atoms with Gasteiger partial charge in [-0.3, -0.25) is 4.79 Å². The molecular formula is C22H21ClF6N2O2. The van der Waals surface area contributed by atoms with Gasteiger partial charge in [0.05, 0.1) is 16.1 Å². The minimum absolute atomic E-state index is 0.0509. The maximum absolute atomic E-state index is 12.9.